The summed E-state index contributed by atoms with van der Waals surface area (Å²) in [6.07, 6.45) is 0. The third-order valence-electron chi connectivity index (χ3n) is 5.55. The molecule has 0 aliphatic carbocycles. The topological polar surface area (TPSA) is 66.9 Å². The van der Waals surface area contributed by atoms with Gasteiger partial charge in [-0.2, -0.15) is 4.31 Å². The summed E-state index contributed by atoms with van der Waals surface area (Å²) in [5.41, 5.74) is 3.52. The Balaban J connectivity index is 1.55. The van der Waals surface area contributed by atoms with Crippen LogP contribution in [0.1, 0.15) is 15.9 Å². The molecule has 1 heterocycles. The van der Waals surface area contributed by atoms with Crippen LogP contribution in [0.2, 0.25) is 0 Å². The third kappa shape index (κ3) is 4.75. The van der Waals surface area contributed by atoms with Gasteiger partial charge in [0, 0.05) is 32.2 Å². The Bertz CT molecular complexity index is 1190. The van der Waals surface area contributed by atoms with Crippen LogP contribution in [0.3, 0.4) is 0 Å². The van der Waals surface area contributed by atoms with Gasteiger partial charge in [0.25, 0.3) is 5.91 Å². The maximum absolute atomic E-state index is 13.1. The minimum atomic E-state index is -3.66. The largest absolute Gasteiger partial charge is 0.379 e. The van der Waals surface area contributed by atoms with Crippen LogP contribution in [0.5, 0.6) is 0 Å². The number of hydrogen-bond donors (Lipinski definition) is 0. The first-order valence-corrected chi connectivity index (χ1v) is 12.0. The van der Waals surface area contributed by atoms with Crippen molar-refractivity contribution in [3.63, 3.8) is 0 Å². The molecule has 0 unspecified atom stereocenters. The molecule has 1 fully saturated rings. The van der Waals surface area contributed by atoms with Crippen LogP contribution in [0.4, 0.5) is 0 Å². The van der Waals surface area contributed by atoms with E-state index in [0.29, 0.717) is 38.4 Å². The predicted molar refractivity (Wildman–Crippen MR) is 124 cm³/mol. The highest BCUT2D eigenvalue weighted by Gasteiger charge is 2.27. The first-order chi connectivity index (χ1) is 15.5. The van der Waals surface area contributed by atoms with Gasteiger partial charge in [-0.25, -0.2) is 8.42 Å². The number of nitrogens with zero attached hydrogens (tertiary/aromatic N) is 2. The van der Waals surface area contributed by atoms with Crippen LogP contribution >= 0.6 is 0 Å². The van der Waals surface area contributed by atoms with Crippen molar-refractivity contribution in [1.29, 1.82) is 0 Å². The van der Waals surface area contributed by atoms with Gasteiger partial charge in [-0.15, -0.1) is 0 Å². The van der Waals surface area contributed by atoms with Crippen LogP contribution in [-0.4, -0.2) is 56.9 Å². The quantitative estimate of drug-likeness (QED) is 0.575. The fourth-order valence-electron chi connectivity index (χ4n) is 3.83. The molecule has 0 radical (unpaired) electrons. The lowest BCUT2D eigenvalue weighted by atomic mass is 9.99. The summed E-state index contributed by atoms with van der Waals surface area (Å²) in [5.74, 6) is -0.230. The van der Waals surface area contributed by atoms with Crippen molar-refractivity contribution >= 4 is 15.9 Å². The number of benzene rings is 3. The summed E-state index contributed by atoms with van der Waals surface area (Å²) in [7, 11) is -1.93. The van der Waals surface area contributed by atoms with E-state index in [-0.39, 0.29) is 10.8 Å². The van der Waals surface area contributed by atoms with E-state index in [2.05, 4.69) is 0 Å². The molecule has 4 rings (SSSR count). The van der Waals surface area contributed by atoms with Gasteiger partial charge in [0.1, 0.15) is 0 Å². The summed E-state index contributed by atoms with van der Waals surface area (Å²) in [4.78, 5) is 14.9. The number of morpholine rings is 1. The Morgan fingerprint density at radius 2 is 1.62 bits per heavy atom. The summed E-state index contributed by atoms with van der Waals surface area (Å²) in [5, 5.41) is 0. The van der Waals surface area contributed by atoms with E-state index in [1.807, 2.05) is 54.6 Å². The standard InChI is InChI=1S/C25H26N2O4S/c1-26(19-22-10-5-6-13-24(22)20-8-3-2-4-9-20)25(28)21-11-7-12-23(18-21)32(29,30)27-14-16-31-17-15-27/h2-13,18H,14-17,19H2,1H3. The minimum Gasteiger partial charge on any atom is -0.379 e. The third-order valence-corrected chi connectivity index (χ3v) is 7.44. The molecule has 1 amide bonds. The highest BCUT2D eigenvalue weighted by molar-refractivity contribution is 7.89. The van der Waals surface area contributed by atoms with Crippen LogP contribution < -0.4 is 0 Å². The highest BCUT2D eigenvalue weighted by Crippen LogP contribution is 2.25. The average Bonchev–Trinajstić information content (AvgIpc) is 2.85. The first-order valence-electron chi connectivity index (χ1n) is 10.5. The molecule has 0 spiro atoms. The SMILES string of the molecule is CN(Cc1ccccc1-c1ccccc1)C(=O)c1cccc(S(=O)(=O)N2CCOCC2)c1. The summed E-state index contributed by atoms with van der Waals surface area (Å²) in [6.45, 7) is 1.79. The molecular weight excluding hydrogens is 424 g/mol. The number of ether oxygens (including phenoxy) is 1. The Hall–Kier alpha value is -3.00. The first kappa shape index (κ1) is 22.2. The molecule has 1 aliphatic heterocycles. The van der Waals surface area contributed by atoms with Gasteiger partial charge in [-0.1, -0.05) is 60.7 Å². The van der Waals surface area contributed by atoms with Crippen LogP contribution in [0, 0.1) is 0 Å². The zero-order valence-electron chi connectivity index (χ0n) is 18.0. The molecule has 32 heavy (non-hydrogen) atoms. The van der Waals surface area contributed by atoms with Gasteiger partial charge in [-0.05, 0) is 34.9 Å². The van der Waals surface area contributed by atoms with Gasteiger partial charge in [-0.3, -0.25) is 4.79 Å². The van der Waals surface area contributed by atoms with E-state index in [4.69, 9.17) is 4.74 Å². The van der Waals surface area contributed by atoms with Crippen molar-refractivity contribution in [1.82, 2.24) is 9.21 Å². The highest BCUT2D eigenvalue weighted by atomic mass is 32.2. The molecule has 0 aromatic heterocycles. The van der Waals surface area contributed by atoms with E-state index in [1.165, 1.54) is 16.4 Å². The van der Waals surface area contributed by atoms with Crippen molar-refractivity contribution in [3.05, 3.63) is 90.0 Å². The minimum absolute atomic E-state index is 0.128. The molecule has 1 aliphatic rings. The van der Waals surface area contributed by atoms with Crippen LogP contribution in [0.15, 0.2) is 83.8 Å². The lowest BCUT2D eigenvalue weighted by Gasteiger charge is -2.26. The van der Waals surface area contributed by atoms with Crippen molar-refractivity contribution in [2.75, 3.05) is 33.4 Å². The predicted octanol–water partition coefficient (Wildman–Crippen LogP) is 3.65. The molecular formula is C25H26N2O4S. The summed E-state index contributed by atoms with van der Waals surface area (Å²) in [6, 6.07) is 24.3. The maximum Gasteiger partial charge on any atom is 0.253 e. The molecule has 166 valence electrons. The molecule has 0 saturated carbocycles. The van der Waals surface area contributed by atoms with Gasteiger partial charge < -0.3 is 9.64 Å². The van der Waals surface area contributed by atoms with E-state index in [9.17, 15) is 13.2 Å². The van der Waals surface area contributed by atoms with Gasteiger partial charge >= 0.3 is 0 Å². The van der Waals surface area contributed by atoms with Crippen LogP contribution in [0.25, 0.3) is 11.1 Å². The normalized spacial score (nSPS) is 14.8. The number of carbonyl (C=O) groups is 1. The summed E-state index contributed by atoms with van der Waals surface area (Å²) < 4.78 is 32.6. The number of rotatable bonds is 6. The monoisotopic (exact) mass is 450 g/mol. The Morgan fingerprint density at radius 1 is 0.938 bits per heavy atom. The molecule has 3 aromatic carbocycles. The molecule has 7 heteroatoms. The number of sulfonamides is 1. The number of carbonyl (C=O) groups excluding carboxylic acids is 1. The molecule has 6 nitrogen and oxygen atoms in total. The van der Waals surface area contributed by atoms with Crippen LogP contribution in [-0.2, 0) is 21.3 Å². The lowest BCUT2D eigenvalue weighted by molar-refractivity contribution is 0.0730. The second kappa shape index (κ2) is 9.65. The van der Waals surface area contributed by atoms with E-state index < -0.39 is 10.0 Å². The average molecular weight is 451 g/mol. The zero-order chi connectivity index (χ0) is 22.6. The Labute approximate surface area is 189 Å². The van der Waals surface area contributed by atoms with E-state index >= 15 is 0 Å². The molecule has 3 aromatic rings. The van der Waals surface area contributed by atoms with Crippen molar-refractivity contribution < 1.29 is 17.9 Å². The second-order valence-electron chi connectivity index (χ2n) is 7.73. The maximum atomic E-state index is 13.1. The Kier molecular flexibility index (Phi) is 6.69. The zero-order valence-corrected chi connectivity index (χ0v) is 18.8. The fraction of sp³-hybridized carbons (Fsp3) is 0.240. The molecule has 0 N–H and O–H groups in total. The number of amides is 1. The molecule has 1 saturated heterocycles. The van der Waals surface area contributed by atoms with Gasteiger partial charge in [0.05, 0.1) is 18.1 Å². The van der Waals surface area contributed by atoms with E-state index in [0.717, 1.165) is 16.7 Å². The molecule has 0 bridgehead atoms. The van der Waals surface area contributed by atoms with Gasteiger partial charge in [0.15, 0.2) is 0 Å². The van der Waals surface area contributed by atoms with E-state index in [1.54, 1.807) is 24.1 Å². The smallest absolute Gasteiger partial charge is 0.253 e. The van der Waals surface area contributed by atoms with Crippen molar-refractivity contribution in [2.45, 2.75) is 11.4 Å². The van der Waals surface area contributed by atoms with Crippen molar-refractivity contribution in [3.8, 4) is 11.1 Å². The Morgan fingerprint density at radius 3 is 2.38 bits per heavy atom. The van der Waals surface area contributed by atoms with Crippen molar-refractivity contribution in [2.24, 2.45) is 0 Å². The lowest BCUT2D eigenvalue weighted by Crippen LogP contribution is -2.40. The second-order valence-corrected chi connectivity index (χ2v) is 9.67. The number of hydrogen-bond acceptors (Lipinski definition) is 4. The fourth-order valence-corrected chi connectivity index (χ4v) is 5.29. The summed E-state index contributed by atoms with van der Waals surface area (Å²) >= 11 is 0. The molecule has 0 atom stereocenters. The van der Waals surface area contributed by atoms with Gasteiger partial charge in [0.2, 0.25) is 10.0 Å².